The molecule has 1 N–H and O–H groups in total. The summed E-state index contributed by atoms with van der Waals surface area (Å²) in [5.41, 5.74) is -1.89. The molecule has 1 aromatic heterocycles. The topological polar surface area (TPSA) is 74.0 Å². The third-order valence-corrected chi connectivity index (χ3v) is 2.10. The van der Waals surface area contributed by atoms with E-state index in [-0.39, 0.29) is 17.1 Å². The Kier molecular flexibility index (Phi) is 3.74. The van der Waals surface area contributed by atoms with Gasteiger partial charge in [-0.15, -0.1) is 11.6 Å². The van der Waals surface area contributed by atoms with Crippen LogP contribution in [0, 0.1) is 11.3 Å². The summed E-state index contributed by atoms with van der Waals surface area (Å²) < 4.78 is 25.1. The summed E-state index contributed by atoms with van der Waals surface area (Å²) in [5.74, 6) is -1.82. The highest BCUT2D eigenvalue weighted by Crippen LogP contribution is 2.25. The van der Waals surface area contributed by atoms with Crippen molar-refractivity contribution in [2.45, 2.75) is 12.3 Å². The summed E-state index contributed by atoms with van der Waals surface area (Å²) in [5, 5.41) is 17.3. The van der Waals surface area contributed by atoms with Crippen LogP contribution in [0.25, 0.3) is 0 Å². The molecule has 0 saturated heterocycles. The Hall–Kier alpha value is -1.74. The molecular weight excluding hydrogens is 242 g/mol. The van der Waals surface area contributed by atoms with E-state index in [4.69, 9.17) is 22.0 Å². The molecule has 0 radical (unpaired) electrons. The van der Waals surface area contributed by atoms with Crippen LogP contribution >= 0.6 is 11.6 Å². The largest absolute Gasteiger partial charge is 0.478 e. The van der Waals surface area contributed by atoms with Gasteiger partial charge in [0.05, 0.1) is 5.56 Å². The molecule has 0 atom stereocenters. The SMILES string of the molecule is N#Cc1cc(CCl)c(C(=O)O)c(C(F)F)n1. The van der Waals surface area contributed by atoms with E-state index in [1.165, 1.54) is 0 Å². The van der Waals surface area contributed by atoms with Gasteiger partial charge in [-0.05, 0) is 11.6 Å². The second-order valence-corrected chi connectivity index (χ2v) is 3.05. The monoisotopic (exact) mass is 246 g/mol. The van der Waals surface area contributed by atoms with E-state index in [9.17, 15) is 13.6 Å². The minimum absolute atomic E-state index is 0.0454. The van der Waals surface area contributed by atoms with Gasteiger partial charge < -0.3 is 5.11 Å². The first-order chi connectivity index (χ1) is 7.51. The predicted molar refractivity (Wildman–Crippen MR) is 50.4 cm³/mol. The first-order valence-electron chi connectivity index (χ1n) is 4.02. The van der Waals surface area contributed by atoms with Crippen molar-refractivity contribution in [3.8, 4) is 6.07 Å². The zero-order valence-electron chi connectivity index (χ0n) is 7.75. The first-order valence-corrected chi connectivity index (χ1v) is 4.56. The Balaban J connectivity index is 3.55. The van der Waals surface area contributed by atoms with Crippen molar-refractivity contribution in [1.82, 2.24) is 4.98 Å². The van der Waals surface area contributed by atoms with Crippen molar-refractivity contribution >= 4 is 17.6 Å². The van der Waals surface area contributed by atoms with Gasteiger partial charge in [-0.1, -0.05) is 0 Å². The van der Waals surface area contributed by atoms with Crippen molar-refractivity contribution in [3.63, 3.8) is 0 Å². The molecule has 7 heteroatoms. The highest BCUT2D eigenvalue weighted by atomic mass is 35.5. The average Bonchev–Trinajstić information content (AvgIpc) is 2.26. The molecule has 0 bridgehead atoms. The Bertz CT molecular complexity index is 471. The van der Waals surface area contributed by atoms with Crippen LogP contribution in [0.2, 0.25) is 0 Å². The Morgan fingerprint density at radius 1 is 1.69 bits per heavy atom. The highest BCUT2D eigenvalue weighted by Gasteiger charge is 2.24. The number of carboxylic acid groups (broad SMARTS) is 1. The van der Waals surface area contributed by atoms with E-state index in [1.807, 2.05) is 0 Å². The maximum atomic E-state index is 12.5. The van der Waals surface area contributed by atoms with E-state index in [0.29, 0.717) is 0 Å². The lowest BCUT2D eigenvalue weighted by Gasteiger charge is -2.08. The van der Waals surface area contributed by atoms with Gasteiger partial charge in [0, 0.05) is 5.88 Å². The van der Waals surface area contributed by atoms with Crippen LogP contribution in [0.15, 0.2) is 6.07 Å². The van der Waals surface area contributed by atoms with Gasteiger partial charge in [0.2, 0.25) is 0 Å². The molecule has 0 aliphatic carbocycles. The molecule has 0 spiro atoms. The predicted octanol–water partition coefficient (Wildman–Crippen LogP) is 2.33. The number of nitriles is 1. The molecule has 0 amide bonds. The molecule has 1 rings (SSSR count). The molecule has 1 aromatic rings. The third-order valence-electron chi connectivity index (χ3n) is 1.81. The molecule has 0 saturated carbocycles. The fraction of sp³-hybridized carbons (Fsp3) is 0.222. The Labute approximate surface area is 94.1 Å². The number of halogens is 3. The lowest BCUT2D eigenvalue weighted by Crippen LogP contribution is -2.10. The van der Waals surface area contributed by atoms with Crippen molar-refractivity contribution in [1.29, 1.82) is 5.26 Å². The summed E-state index contributed by atoms with van der Waals surface area (Å²) in [6, 6.07) is 2.65. The molecule has 4 nitrogen and oxygen atoms in total. The number of alkyl halides is 3. The molecule has 0 aromatic carbocycles. The lowest BCUT2D eigenvalue weighted by molar-refractivity contribution is 0.0681. The molecule has 0 aliphatic heterocycles. The third kappa shape index (κ3) is 2.25. The van der Waals surface area contributed by atoms with Crippen LogP contribution in [0.1, 0.15) is 33.7 Å². The number of rotatable bonds is 3. The van der Waals surface area contributed by atoms with E-state index in [1.54, 1.807) is 6.07 Å². The van der Waals surface area contributed by atoms with Crippen molar-refractivity contribution in [3.05, 3.63) is 28.6 Å². The normalized spacial score (nSPS) is 10.2. The molecule has 0 aliphatic rings. The summed E-state index contributed by atoms with van der Waals surface area (Å²) in [6.07, 6.45) is -3.07. The zero-order chi connectivity index (χ0) is 12.3. The average molecular weight is 247 g/mol. The molecule has 0 unspecified atom stereocenters. The van der Waals surface area contributed by atoms with Gasteiger partial charge in [-0.3, -0.25) is 0 Å². The van der Waals surface area contributed by atoms with Crippen LogP contribution in [-0.2, 0) is 5.88 Å². The van der Waals surface area contributed by atoms with Crippen molar-refractivity contribution in [2.24, 2.45) is 0 Å². The summed E-state index contributed by atoms with van der Waals surface area (Å²) in [4.78, 5) is 14.1. The van der Waals surface area contributed by atoms with E-state index in [0.717, 1.165) is 6.07 Å². The number of hydrogen-bond acceptors (Lipinski definition) is 3. The molecule has 0 fully saturated rings. The molecule has 84 valence electrons. The van der Waals surface area contributed by atoms with Crippen LogP contribution < -0.4 is 0 Å². The molecule has 16 heavy (non-hydrogen) atoms. The number of hydrogen-bond donors (Lipinski definition) is 1. The van der Waals surface area contributed by atoms with Crippen LogP contribution in [0.4, 0.5) is 8.78 Å². The smallest absolute Gasteiger partial charge is 0.338 e. The maximum Gasteiger partial charge on any atom is 0.338 e. The maximum absolute atomic E-state index is 12.5. The quantitative estimate of drug-likeness (QED) is 0.831. The van der Waals surface area contributed by atoms with Gasteiger partial charge in [0.25, 0.3) is 6.43 Å². The first kappa shape index (κ1) is 12.3. The van der Waals surface area contributed by atoms with Crippen LogP contribution in [0.5, 0.6) is 0 Å². The molecular formula is C9H5ClF2N2O2. The van der Waals surface area contributed by atoms with E-state index < -0.39 is 23.7 Å². The highest BCUT2D eigenvalue weighted by molar-refractivity contribution is 6.17. The molecule has 1 heterocycles. The van der Waals surface area contributed by atoms with E-state index >= 15 is 0 Å². The van der Waals surface area contributed by atoms with Gasteiger partial charge in [0.15, 0.2) is 0 Å². The van der Waals surface area contributed by atoms with Gasteiger partial charge in [-0.25, -0.2) is 18.6 Å². The second kappa shape index (κ2) is 4.86. The number of aromatic carboxylic acids is 1. The van der Waals surface area contributed by atoms with E-state index in [2.05, 4.69) is 4.98 Å². The fourth-order valence-electron chi connectivity index (χ4n) is 1.19. The summed E-state index contributed by atoms with van der Waals surface area (Å²) in [7, 11) is 0. The standard InChI is InChI=1S/C9H5ClF2N2O2/c10-2-4-1-5(3-13)14-7(8(11)12)6(4)9(15)16/h1,8H,2H2,(H,15,16). The summed E-state index contributed by atoms with van der Waals surface area (Å²) in [6.45, 7) is 0. The minimum atomic E-state index is -3.07. The van der Waals surface area contributed by atoms with Gasteiger partial charge in [0.1, 0.15) is 17.5 Å². The van der Waals surface area contributed by atoms with Gasteiger partial charge >= 0.3 is 5.97 Å². The number of pyridine rings is 1. The Morgan fingerprint density at radius 3 is 2.69 bits per heavy atom. The van der Waals surface area contributed by atoms with Crippen LogP contribution in [0.3, 0.4) is 0 Å². The Morgan fingerprint density at radius 2 is 2.31 bits per heavy atom. The summed E-state index contributed by atoms with van der Waals surface area (Å²) >= 11 is 5.44. The van der Waals surface area contributed by atoms with Gasteiger partial charge in [-0.2, -0.15) is 5.26 Å². The number of carbonyl (C=O) groups is 1. The second-order valence-electron chi connectivity index (χ2n) is 2.78. The van der Waals surface area contributed by atoms with Crippen molar-refractivity contribution < 1.29 is 18.7 Å². The number of aromatic nitrogens is 1. The van der Waals surface area contributed by atoms with Crippen molar-refractivity contribution in [2.75, 3.05) is 0 Å². The lowest BCUT2D eigenvalue weighted by atomic mass is 10.1. The van der Waals surface area contributed by atoms with Crippen LogP contribution in [-0.4, -0.2) is 16.1 Å². The zero-order valence-corrected chi connectivity index (χ0v) is 8.50. The fourth-order valence-corrected chi connectivity index (χ4v) is 1.40. The minimum Gasteiger partial charge on any atom is -0.478 e. The number of nitrogens with zero attached hydrogens (tertiary/aromatic N) is 2. The number of carboxylic acids is 1.